The SMILES string of the molecule is CCN1CCCN(C(=O)CCc2c[nH]c3ccccc23)CC1=O. The minimum absolute atomic E-state index is 0.0606. The van der Waals surface area contributed by atoms with Crippen molar-refractivity contribution in [2.75, 3.05) is 26.2 Å². The summed E-state index contributed by atoms with van der Waals surface area (Å²) in [4.78, 5) is 31.3. The number of hydrogen-bond donors (Lipinski definition) is 1. The average Bonchev–Trinajstić information content (AvgIpc) is 2.88. The Morgan fingerprint density at radius 1 is 1.26 bits per heavy atom. The van der Waals surface area contributed by atoms with Crippen molar-refractivity contribution in [2.45, 2.75) is 26.2 Å². The van der Waals surface area contributed by atoms with Crippen LogP contribution < -0.4 is 0 Å². The highest BCUT2D eigenvalue weighted by atomic mass is 16.2. The lowest BCUT2D eigenvalue weighted by molar-refractivity contribution is -0.138. The number of nitrogens with one attached hydrogen (secondary N) is 1. The molecule has 5 nitrogen and oxygen atoms in total. The molecular weight excluding hydrogens is 290 g/mol. The van der Waals surface area contributed by atoms with Crippen molar-refractivity contribution in [2.24, 2.45) is 0 Å². The largest absolute Gasteiger partial charge is 0.361 e. The number of likely N-dealkylation sites (N-methyl/N-ethyl adjacent to an activating group) is 1. The molecule has 0 saturated carbocycles. The maximum atomic E-state index is 12.5. The minimum Gasteiger partial charge on any atom is -0.361 e. The number of hydrogen-bond acceptors (Lipinski definition) is 2. The number of H-pyrrole nitrogens is 1. The van der Waals surface area contributed by atoms with Gasteiger partial charge in [-0.15, -0.1) is 0 Å². The summed E-state index contributed by atoms with van der Waals surface area (Å²) >= 11 is 0. The smallest absolute Gasteiger partial charge is 0.242 e. The summed E-state index contributed by atoms with van der Waals surface area (Å²) in [7, 11) is 0. The van der Waals surface area contributed by atoms with Crippen molar-refractivity contribution in [3.05, 3.63) is 36.0 Å². The van der Waals surface area contributed by atoms with E-state index in [1.165, 1.54) is 5.39 Å². The molecule has 1 saturated heterocycles. The van der Waals surface area contributed by atoms with E-state index >= 15 is 0 Å². The van der Waals surface area contributed by atoms with Gasteiger partial charge in [0.05, 0.1) is 6.54 Å². The summed E-state index contributed by atoms with van der Waals surface area (Å²) in [6, 6.07) is 8.11. The van der Waals surface area contributed by atoms with Crippen LogP contribution in [0.15, 0.2) is 30.5 Å². The maximum Gasteiger partial charge on any atom is 0.242 e. The Kier molecular flexibility index (Phi) is 4.65. The number of para-hydroxylation sites is 1. The number of nitrogens with zero attached hydrogens (tertiary/aromatic N) is 2. The normalized spacial score (nSPS) is 16.0. The van der Waals surface area contributed by atoms with E-state index in [4.69, 9.17) is 0 Å². The van der Waals surface area contributed by atoms with Crippen LogP contribution in [0.1, 0.15) is 25.3 Å². The zero-order valence-corrected chi connectivity index (χ0v) is 13.5. The third kappa shape index (κ3) is 3.38. The van der Waals surface area contributed by atoms with Gasteiger partial charge < -0.3 is 14.8 Å². The monoisotopic (exact) mass is 313 g/mol. The topological polar surface area (TPSA) is 56.4 Å². The summed E-state index contributed by atoms with van der Waals surface area (Å²) in [6.45, 7) is 4.35. The molecule has 5 heteroatoms. The van der Waals surface area contributed by atoms with Crippen molar-refractivity contribution < 1.29 is 9.59 Å². The van der Waals surface area contributed by atoms with Gasteiger partial charge >= 0.3 is 0 Å². The second-order valence-corrected chi connectivity index (χ2v) is 6.00. The molecule has 2 aromatic rings. The number of carbonyl (C=O) groups is 2. The molecule has 1 aliphatic heterocycles. The van der Waals surface area contributed by atoms with E-state index in [2.05, 4.69) is 11.1 Å². The molecular formula is C18H23N3O2. The molecule has 0 aliphatic carbocycles. The van der Waals surface area contributed by atoms with Crippen LogP contribution in [0.4, 0.5) is 0 Å². The quantitative estimate of drug-likeness (QED) is 0.940. The van der Waals surface area contributed by atoms with Gasteiger partial charge in [0.15, 0.2) is 0 Å². The third-order valence-corrected chi connectivity index (χ3v) is 4.55. The first-order chi connectivity index (χ1) is 11.2. The van der Waals surface area contributed by atoms with Crippen LogP contribution >= 0.6 is 0 Å². The van der Waals surface area contributed by atoms with Gasteiger partial charge in [-0.05, 0) is 31.4 Å². The molecule has 2 heterocycles. The lowest BCUT2D eigenvalue weighted by Gasteiger charge is -2.20. The predicted molar refractivity (Wildman–Crippen MR) is 90.1 cm³/mol. The van der Waals surface area contributed by atoms with Crippen molar-refractivity contribution >= 4 is 22.7 Å². The van der Waals surface area contributed by atoms with Crippen LogP contribution in [0, 0.1) is 0 Å². The molecule has 0 atom stereocenters. The van der Waals surface area contributed by atoms with Crippen LogP contribution in [-0.2, 0) is 16.0 Å². The van der Waals surface area contributed by atoms with Crippen LogP contribution in [0.25, 0.3) is 10.9 Å². The number of aryl methyl sites for hydroxylation is 1. The van der Waals surface area contributed by atoms with Gasteiger partial charge in [-0.2, -0.15) is 0 Å². The zero-order valence-electron chi connectivity index (χ0n) is 13.5. The van der Waals surface area contributed by atoms with Gasteiger partial charge in [0.2, 0.25) is 11.8 Å². The molecule has 0 radical (unpaired) electrons. The highest BCUT2D eigenvalue weighted by molar-refractivity contribution is 5.86. The Morgan fingerprint density at radius 3 is 2.91 bits per heavy atom. The molecule has 1 aromatic carbocycles. The third-order valence-electron chi connectivity index (χ3n) is 4.55. The van der Waals surface area contributed by atoms with Crippen LogP contribution in [0.2, 0.25) is 0 Å². The summed E-state index contributed by atoms with van der Waals surface area (Å²) in [5.41, 5.74) is 2.25. The second-order valence-electron chi connectivity index (χ2n) is 6.00. The van der Waals surface area contributed by atoms with Crippen LogP contribution in [-0.4, -0.2) is 52.8 Å². The van der Waals surface area contributed by atoms with E-state index in [1.54, 1.807) is 4.90 Å². The van der Waals surface area contributed by atoms with E-state index in [-0.39, 0.29) is 18.4 Å². The Hall–Kier alpha value is -2.30. The standard InChI is InChI=1S/C18H23N3O2/c1-2-20-10-5-11-21(13-18(20)23)17(22)9-8-14-12-19-16-7-4-3-6-15(14)16/h3-4,6-7,12,19H,2,5,8-11,13H2,1H3. The molecule has 3 rings (SSSR count). The predicted octanol–water partition coefficient (Wildman–Crippen LogP) is 2.18. The fraction of sp³-hybridized carbons (Fsp3) is 0.444. The maximum absolute atomic E-state index is 12.5. The van der Waals surface area contributed by atoms with Crippen molar-refractivity contribution in [3.63, 3.8) is 0 Å². The molecule has 1 aromatic heterocycles. The number of aromatic amines is 1. The molecule has 23 heavy (non-hydrogen) atoms. The molecule has 1 N–H and O–H groups in total. The first-order valence-corrected chi connectivity index (χ1v) is 8.29. The van der Waals surface area contributed by atoms with Gasteiger partial charge in [0, 0.05) is 43.2 Å². The van der Waals surface area contributed by atoms with E-state index in [0.29, 0.717) is 19.4 Å². The highest BCUT2D eigenvalue weighted by Gasteiger charge is 2.23. The Bertz CT molecular complexity index is 707. The summed E-state index contributed by atoms with van der Waals surface area (Å²) in [6.07, 6.45) is 3.98. The van der Waals surface area contributed by atoms with Crippen molar-refractivity contribution in [3.8, 4) is 0 Å². The average molecular weight is 313 g/mol. The zero-order chi connectivity index (χ0) is 16.2. The van der Waals surface area contributed by atoms with Crippen LogP contribution in [0.5, 0.6) is 0 Å². The Balaban J connectivity index is 1.62. The van der Waals surface area contributed by atoms with Gasteiger partial charge in [0.25, 0.3) is 0 Å². The number of fused-ring (bicyclic) bond motifs is 1. The molecule has 1 aliphatic rings. The number of carbonyl (C=O) groups excluding carboxylic acids is 2. The minimum atomic E-state index is 0.0606. The van der Waals surface area contributed by atoms with Gasteiger partial charge in [-0.1, -0.05) is 18.2 Å². The Morgan fingerprint density at radius 2 is 2.09 bits per heavy atom. The second kappa shape index (κ2) is 6.86. The first-order valence-electron chi connectivity index (χ1n) is 8.29. The van der Waals surface area contributed by atoms with E-state index in [1.807, 2.05) is 36.2 Å². The number of benzene rings is 1. The first kappa shape index (κ1) is 15.6. The molecule has 0 spiro atoms. The fourth-order valence-corrected chi connectivity index (χ4v) is 3.20. The molecule has 1 fully saturated rings. The van der Waals surface area contributed by atoms with Crippen LogP contribution in [0.3, 0.4) is 0 Å². The van der Waals surface area contributed by atoms with Crippen molar-refractivity contribution in [1.82, 2.24) is 14.8 Å². The molecule has 0 unspecified atom stereocenters. The van der Waals surface area contributed by atoms with Gasteiger partial charge in [-0.25, -0.2) is 0 Å². The lowest BCUT2D eigenvalue weighted by atomic mass is 10.1. The fourth-order valence-electron chi connectivity index (χ4n) is 3.20. The molecule has 2 amide bonds. The van der Waals surface area contributed by atoms with Gasteiger partial charge in [-0.3, -0.25) is 9.59 Å². The van der Waals surface area contributed by atoms with Gasteiger partial charge in [0.1, 0.15) is 0 Å². The lowest BCUT2D eigenvalue weighted by Crippen LogP contribution is -2.39. The van der Waals surface area contributed by atoms with E-state index < -0.39 is 0 Å². The summed E-state index contributed by atoms with van der Waals surface area (Å²) in [5, 5.41) is 1.17. The molecule has 122 valence electrons. The summed E-state index contributed by atoms with van der Waals surface area (Å²) in [5.74, 6) is 0.132. The number of rotatable bonds is 4. The van der Waals surface area contributed by atoms with E-state index in [0.717, 1.165) is 30.6 Å². The molecule has 0 bridgehead atoms. The number of amides is 2. The van der Waals surface area contributed by atoms with Crippen molar-refractivity contribution in [1.29, 1.82) is 0 Å². The summed E-state index contributed by atoms with van der Waals surface area (Å²) < 4.78 is 0. The Labute approximate surface area is 136 Å². The van der Waals surface area contributed by atoms with E-state index in [9.17, 15) is 9.59 Å². The number of aromatic nitrogens is 1. The highest BCUT2D eigenvalue weighted by Crippen LogP contribution is 2.19.